The van der Waals surface area contributed by atoms with Gasteiger partial charge < -0.3 is 0 Å². The van der Waals surface area contributed by atoms with E-state index < -0.39 is 0 Å². The summed E-state index contributed by atoms with van der Waals surface area (Å²) < 4.78 is 8.39. The van der Waals surface area contributed by atoms with Crippen LogP contribution in [0.25, 0.3) is 0 Å². The molecule has 1 nitrogen and oxygen atoms in total. The normalized spacial score (nSPS) is 1.00. The molecule has 24 valence electrons. The van der Waals surface area contributed by atoms with Crippen LogP contribution >= 0.6 is 0 Å². The summed E-state index contributed by atoms with van der Waals surface area (Å²) in [5.74, 6) is 0. The third-order valence-electron chi connectivity index (χ3n) is 0. The van der Waals surface area contributed by atoms with Crippen molar-refractivity contribution in [2.75, 3.05) is 0 Å². The molecule has 0 rings (SSSR count). The molecule has 4 heavy (non-hydrogen) atoms. The van der Waals surface area contributed by atoms with Gasteiger partial charge in [-0.3, -0.25) is 0 Å². The summed E-state index contributed by atoms with van der Waals surface area (Å²) in [5.41, 5.74) is 0. The first-order valence-electron chi connectivity index (χ1n) is 0.204. The van der Waals surface area contributed by atoms with Crippen LogP contribution in [0.15, 0.2) is 0 Å². The van der Waals surface area contributed by atoms with E-state index in [0.717, 1.165) is 0 Å². The number of hydrogen-bond donors (Lipinski definition) is 0. The van der Waals surface area contributed by atoms with Crippen molar-refractivity contribution in [2.45, 2.75) is 0 Å². The van der Waals surface area contributed by atoms with Gasteiger partial charge in [0.1, 0.15) is 0 Å². The predicted octanol–water partition coefficient (Wildman–Crippen LogP) is -0.772. The van der Waals surface area contributed by atoms with Gasteiger partial charge in [-0.25, -0.2) is 0 Å². The van der Waals surface area contributed by atoms with Crippen LogP contribution in [-0.4, -0.2) is 24.7 Å². The second-order valence-electron chi connectivity index (χ2n) is 0. The van der Waals surface area contributed by atoms with E-state index in [-0.39, 0.29) is 64.6 Å². The molecule has 0 aliphatic heterocycles. The van der Waals surface area contributed by atoms with Crippen LogP contribution in [0, 0.1) is 0 Å². The Kier molecular flexibility index (Phi) is 84.4. The fourth-order valence-corrected chi connectivity index (χ4v) is 0. The van der Waals surface area contributed by atoms with Crippen molar-refractivity contribution in [3.05, 3.63) is 0 Å². The average molecular weight is 398 g/mol. The first-order chi connectivity index (χ1) is 1.00. The summed E-state index contributed by atoms with van der Waals surface area (Å²) >= 11 is 0.0556. The Balaban J connectivity index is -0.00000000500. The van der Waals surface area contributed by atoms with Gasteiger partial charge in [0.05, 0.1) is 0 Å². The van der Waals surface area contributed by atoms with Gasteiger partial charge in [-0.05, 0) is 0 Å². The summed E-state index contributed by atoms with van der Waals surface area (Å²) in [7, 11) is 0. The maximum absolute atomic E-state index is 8.39. The van der Waals surface area contributed by atoms with E-state index in [1.165, 1.54) is 0 Å². The van der Waals surface area contributed by atoms with Crippen molar-refractivity contribution in [1.82, 2.24) is 0 Å². The summed E-state index contributed by atoms with van der Waals surface area (Å²) in [6, 6.07) is 0. The van der Waals surface area contributed by atoms with Crippen LogP contribution in [0.1, 0.15) is 0 Å². The van der Waals surface area contributed by atoms with Crippen LogP contribution in [0.4, 0.5) is 0 Å². The van der Waals surface area contributed by atoms with Gasteiger partial charge in [-0.15, -0.1) is 0 Å². The van der Waals surface area contributed by atoms with Gasteiger partial charge in [-0.2, -0.15) is 0 Å². The molecule has 0 saturated heterocycles. The minimum Gasteiger partial charge on any atom is 0 e. The Morgan fingerprint density at radius 3 is 1.25 bits per heavy atom. The Hall–Kier alpha value is 1.97. The second kappa shape index (κ2) is 20.2. The monoisotopic (exact) mass is 396 g/mol. The Labute approximate surface area is 66.6 Å². The van der Waals surface area contributed by atoms with Crippen molar-refractivity contribution in [3.63, 3.8) is 0 Å². The van der Waals surface area contributed by atoms with E-state index in [4.69, 9.17) is 2.81 Å². The van der Waals surface area contributed by atoms with Gasteiger partial charge in [0.15, 0.2) is 0 Å². The maximum Gasteiger partial charge on any atom is 0 e. The summed E-state index contributed by atoms with van der Waals surface area (Å²) in [5, 5.41) is 0. The van der Waals surface area contributed by atoms with Crippen LogP contribution in [0.3, 0.4) is 0 Å². The zero-order valence-corrected chi connectivity index (χ0v) is 10.3. The molecule has 0 heterocycles. The first kappa shape index (κ1) is 16.7. The number of hydrogen-bond acceptors (Lipinski definition) is 1. The Morgan fingerprint density at radius 2 is 1.25 bits per heavy atom. The molecule has 0 amide bonds. The molecule has 0 aromatic rings. The third-order valence-corrected chi connectivity index (χ3v) is 0. The molecule has 0 radical (unpaired) electrons. The molecular weight excluding hydrogens is 397 g/mol. The Bertz CT molecular complexity index is 8.00. The Morgan fingerprint density at radius 1 is 1.25 bits per heavy atom. The average Bonchev–Trinajstić information content (AvgIpc) is 1.00. The fraction of sp³-hybridized carbons (Fsp3) is 0. The molecule has 0 aliphatic carbocycles. The summed E-state index contributed by atoms with van der Waals surface area (Å²) in [6.45, 7) is 0. The summed E-state index contributed by atoms with van der Waals surface area (Å²) in [6.07, 6.45) is 0. The van der Waals surface area contributed by atoms with E-state index in [2.05, 4.69) is 0 Å². The molecule has 0 N–H and O–H groups in total. The first-order valence-corrected chi connectivity index (χ1v) is 1.79. The van der Waals surface area contributed by atoms with E-state index in [9.17, 15) is 0 Å². The van der Waals surface area contributed by atoms with E-state index in [1.807, 2.05) is 0 Å². The predicted molar refractivity (Wildman–Crippen MR) is 7.84 cm³/mol. The zero-order chi connectivity index (χ0) is 2.00. The number of rotatable bonds is 0. The third kappa shape index (κ3) is 9.02. The van der Waals surface area contributed by atoms with Gasteiger partial charge in [0.25, 0.3) is 0 Å². The SMILES string of the molecule is [O]=[BiH].[Pd].[Zn]. The smallest absolute Gasteiger partial charge is 0 e. The zero-order valence-electron chi connectivity index (χ0n) is 1.93. The van der Waals surface area contributed by atoms with E-state index in [0.29, 0.717) is 0 Å². The minimum atomic E-state index is 0. The standard InChI is InChI=1S/Bi.O.Pd.Zn.H. The maximum atomic E-state index is 8.39. The molecule has 0 aromatic heterocycles. The topological polar surface area (TPSA) is 17.1 Å². The van der Waals surface area contributed by atoms with Gasteiger partial charge in [0, 0.05) is 39.9 Å². The van der Waals surface area contributed by atoms with Crippen molar-refractivity contribution in [3.8, 4) is 0 Å². The van der Waals surface area contributed by atoms with E-state index >= 15 is 0 Å². The van der Waals surface area contributed by atoms with Crippen molar-refractivity contribution in [2.24, 2.45) is 0 Å². The van der Waals surface area contributed by atoms with Crippen LogP contribution in [0.5, 0.6) is 0 Å². The van der Waals surface area contributed by atoms with Crippen LogP contribution < -0.4 is 0 Å². The van der Waals surface area contributed by atoms with E-state index in [1.54, 1.807) is 0 Å². The quantitative estimate of drug-likeness (QED) is 0.491. The van der Waals surface area contributed by atoms with Crippen LogP contribution in [0.2, 0.25) is 0 Å². The van der Waals surface area contributed by atoms with Crippen molar-refractivity contribution >= 4 is 24.7 Å². The second-order valence-corrected chi connectivity index (χ2v) is 0. The summed E-state index contributed by atoms with van der Waals surface area (Å²) in [4.78, 5) is 0. The molecule has 0 aliphatic rings. The molecule has 0 atom stereocenters. The molecule has 0 fully saturated rings. The fourth-order valence-electron chi connectivity index (χ4n) is 0. The van der Waals surface area contributed by atoms with Crippen molar-refractivity contribution in [1.29, 1.82) is 0 Å². The molecule has 0 saturated carbocycles. The minimum absolute atomic E-state index is 0. The molecule has 0 bridgehead atoms. The molecular formula is HBiOPdZn. The van der Waals surface area contributed by atoms with Crippen LogP contribution in [-0.2, 0) is 42.7 Å². The molecule has 0 unspecified atom stereocenters. The van der Waals surface area contributed by atoms with Crippen molar-refractivity contribution < 1.29 is 42.7 Å². The molecule has 0 aromatic carbocycles. The largest absolute Gasteiger partial charge is 0 e. The van der Waals surface area contributed by atoms with Gasteiger partial charge in [-0.1, -0.05) is 0 Å². The van der Waals surface area contributed by atoms with Gasteiger partial charge in [0.2, 0.25) is 0 Å². The molecule has 0 spiro atoms. The van der Waals surface area contributed by atoms with Gasteiger partial charge >= 0.3 is 27.5 Å². The molecule has 4 heteroatoms.